The van der Waals surface area contributed by atoms with Crippen molar-refractivity contribution in [1.29, 1.82) is 10.5 Å². The van der Waals surface area contributed by atoms with Gasteiger partial charge in [-0.2, -0.15) is 10.5 Å². The maximum atomic E-state index is 9.51. The lowest BCUT2D eigenvalue weighted by atomic mass is 10.2. The first-order valence-corrected chi connectivity index (χ1v) is 11.5. The van der Waals surface area contributed by atoms with Crippen LogP contribution in [0.15, 0.2) is 97.2 Å². The maximum absolute atomic E-state index is 9.51. The highest BCUT2D eigenvalue weighted by molar-refractivity contribution is 6.14. The van der Waals surface area contributed by atoms with Gasteiger partial charge in [-0.3, -0.25) is 4.98 Å². The molecule has 166 valence electrons. The molecular weight excluding hydrogens is 444 g/mol. The van der Waals surface area contributed by atoms with Crippen LogP contribution >= 0.6 is 0 Å². The molecule has 4 heterocycles. The van der Waals surface area contributed by atoms with Gasteiger partial charge in [-0.15, -0.1) is 0 Å². The van der Waals surface area contributed by atoms with Crippen LogP contribution < -0.4 is 0 Å². The van der Waals surface area contributed by atoms with E-state index in [1.54, 1.807) is 18.3 Å². The number of hydrogen-bond acceptors (Lipinski definition) is 4. The van der Waals surface area contributed by atoms with E-state index in [-0.39, 0.29) is 0 Å². The summed E-state index contributed by atoms with van der Waals surface area (Å²) in [6.07, 6.45) is 1.78. The Morgan fingerprint density at radius 3 is 1.92 bits per heavy atom. The normalized spacial score (nSPS) is 11.3. The van der Waals surface area contributed by atoms with E-state index in [1.807, 2.05) is 60.7 Å². The topological polar surface area (TPSA) is 83.2 Å². The fourth-order valence-corrected chi connectivity index (χ4v) is 5.08. The van der Waals surface area contributed by atoms with Crippen LogP contribution in [0.2, 0.25) is 0 Å². The van der Waals surface area contributed by atoms with E-state index >= 15 is 0 Å². The molecule has 7 aromatic rings. The third kappa shape index (κ3) is 2.76. The maximum Gasteiger partial charge on any atom is 0.116 e. The second-order valence-corrected chi connectivity index (χ2v) is 8.61. The van der Waals surface area contributed by atoms with Gasteiger partial charge in [-0.05, 0) is 60.7 Å². The number of para-hydroxylation sites is 1. The number of nitriles is 2. The van der Waals surface area contributed by atoms with E-state index in [4.69, 9.17) is 4.98 Å². The first-order valence-electron chi connectivity index (χ1n) is 11.5. The van der Waals surface area contributed by atoms with Gasteiger partial charge in [0, 0.05) is 23.0 Å². The summed E-state index contributed by atoms with van der Waals surface area (Å²) < 4.78 is 4.26. The van der Waals surface area contributed by atoms with Gasteiger partial charge in [-0.1, -0.05) is 30.3 Å². The Hall–Kier alpha value is -5.46. The average molecular weight is 461 g/mol. The van der Waals surface area contributed by atoms with Crippen molar-refractivity contribution < 1.29 is 0 Å². The molecule has 0 fully saturated rings. The fourth-order valence-electron chi connectivity index (χ4n) is 5.08. The molecule has 36 heavy (non-hydrogen) atoms. The van der Waals surface area contributed by atoms with Crippen molar-refractivity contribution in [2.24, 2.45) is 0 Å². The molecule has 4 aromatic heterocycles. The summed E-state index contributed by atoms with van der Waals surface area (Å²) >= 11 is 0. The zero-order chi connectivity index (χ0) is 24.2. The minimum atomic E-state index is 0.586. The Morgan fingerprint density at radius 2 is 1.19 bits per heavy atom. The SMILES string of the molecule is N#Cc1cccc(-n2c3ccccc3c3nc4c5ncccc5n(-c5cccc(C#N)c5)c4cc32)c1. The largest absolute Gasteiger partial charge is 0.307 e. The van der Waals surface area contributed by atoms with Crippen molar-refractivity contribution >= 4 is 44.0 Å². The lowest BCUT2D eigenvalue weighted by molar-refractivity contribution is 1.16. The third-order valence-electron chi connectivity index (χ3n) is 6.58. The van der Waals surface area contributed by atoms with Gasteiger partial charge < -0.3 is 9.13 Å². The molecule has 0 radical (unpaired) electrons. The summed E-state index contributed by atoms with van der Waals surface area (Å²) in [4.78, 5) is 9.86. The molecule has 0 atom stereocenters. The quantitative estimate of drug-likeness (QED) is 0.298. The Morgan fingerprint density at radius 1 is 0.556 bits per heavy atom. The highest BCUT2D eigenvalue weighted by atomic mass is 15.0. The molecule has 0 aliphatic rings. The molecule has 0 unspecified atom stereocenters. The monoisotopic (exact) mass is 460 g/mol. The third-order valence-corrected chi connectivity index (χ3v) is 6.58. The predicted octanol–water partition coefficient (Wildman–Crippen LogP) is 6.41. The molecule has 6 nitrogen and oxygen atoms in total. The van der Waals surface area contributed by atoms with E-state index < -0.39 is 0 Å². The molecule has 0 aliphatic carbocycles. The molecule has 7 rings (SSSR count). The lowest BCUT2D eigenvalue weighted by Gasteiger charge is -2.10. The standard InChI is InChI=1S/C30H16N6/c31-17-19-6-3-8-21(14-19)35-24-11-2-1-10-23(24)28-26(35)16-27-30(34-28)29-25(12-5-13-33-29)36(27)22-9-4-7-20(15-22)18-32/h1-16H. The highest BCUT2D eigenvalue weighted by Gasteiger charge is 2.20. The van der Waals surface area contributed by atoms with Crippen molar-refractivity contribution in [3.63, 3.8) is 0 Å². The van der Waals surface area contributed by atoms with E-state index in [1.165, 1.54) is 0 Å². The summed E-state index contributed by atoms with van der Waals surface area (Å²) in [5.41, 5.74) is 9.19. The molecule has 3 aromatic carbocycles. The summed E-state index contributed by atoms with van der Waals surface area (Å²) in [7, 11) is 0. The summed E-state index contributed by atoms with van der Waals surface area (Å²) in [6.45, 7) is 0. The number of nitrogens with zero attached hydrogens (tertiary/aromatic N) is 6. The molecule has 0 bridgehead atoms. The zero-order valence-corrected chi connectivity index (χ0v) is 18.9. The van der Waals surface area contributed by atoms with Crippen LogP contribution in [0, 0.1) is 22.7 Å². The Balaban J connectivity index is 1.67. The van der Waals surface area contributed by atoms with Crippen LogP contribution in [0.3, 0.4) is 0 Å². The first kappa shape index (κ1) is 20.0. The van der Waals surface area contributed by atoms with E-state index in [0.717, 1.165) is 55.4 Å². The average Bonchev–Trinajstić information content (AvgIpc) is 3.44. The molecule has 0 saturated carbocycles. The van der Waals surface area contributed by atoms with E-state index in [0.29, 0.717) is 11.1 Å². The smallest absolute Gasteiger partial charge is 0.116 e. The van der Waals surface area contributed by atoms with Crippen LogP contribution in [0.1, 0.15) is 11.1 Å². The van der Waals surface area contributed by atoms with Crippen LogP contribution in [0.4, 0.5) is 0 Å². The molecule has 0 aliphatic heterocycles. The molecule has 0 N–H and O–H groups in total. The van der Waals surface area contributed by atoms with Gasteiger partial charge in [0.1, 0.15) is 11.0 Å². The van der Waals surface area contributed by atoms with Crippen molar-refractivity contribution in [1.82, 2.24) is 19.1 Å². The summed E-state index contributed by atoms with van der Waals surface area (Å²) in [5, 5.41) is 20.0. The molecule has 0 amide bonds. The predicted molar refractivity (Wildman–Crippen MR) is 140 cm³/mol. The van der Waals surface area contributed by atoms with Gasteiger partial charge in [0.25, 0.3) is 0 Å². The fraction of sp³-hybridized carbons (Fsp3) is 0. The summed E-state index contributed by atoms with van der Waals surface area (Å²) in [5.74, 6) is 0. The molecule has 0 spiro atoms. The van der Waals surface area contributed by atoms with Crippen LogP contribution in [0.25, 0.3) is 55.4 Å². The number of hydrogen-bond donors (Lipinski definition) is 0. The second-order valence-electron chi connectivity index (χ2n) is 8.61. The van der Waals surface area contributed by atoms with E-state index in [2.05, 4.69) is 44.5 Å². The number of aromatic nitrogens is 4. The Labute approximate surface area is 205 Å². The van der Waals surface area contributed by atoms with Crippen molar-refractivity contribution in [2.75, 3.05) is 0 Å². The number of rotatable bonds is 2. The number of benzene rings is 3. The molecular formula is C30H16N6. The van der Waals surface area contributed by atoms with Gasteiger partial charge in [0.05, 0.1) is 50.8 Å². The van der Waals surface area contributed by atoms with Gasteiger partial charge in [-0.25, -0.2) is 4.98 Å². The number of pyridine rings is 2. The minimum absolute atomic E-state index is 0.586. The van der Waals surface area contributed by atoms with Crippen LogP contribution in [-0.4, -0.2) is 19.1 Å². The molecule has 6 heteroatoms. The van der Waals surface area contributed by atoms with Gasteiger partial charge >= 0.3 is 0 Å². The van der Waals surface area contributed by atoms with Gasteiger partial charge in [0.2, 0.25) is 0 Å². The van der Waals surface area contributed by atoms with Crippen LogP contribution in [0.5, 0.6) is 0 Å². The zero-order valence-electron chi connectivity index (χ0n) is 18.9. The molecule has 0 saturated heterocycles. The Kier molecular flexibility index (Phi) is 4.17. The highest BCUT2D eigenvalue weighted by Crippen LogP contribution is 2.37. The van der Waals surface area contributed by atoms with Crippen molar-refractivity contribution in [3.05, 3.63) is 108 Å². The van der Waals surface area contributed by atoms with Gasteiger partial charge in [0.15, 0.2) is 0 Å². The lowest BCUT2D eigenvalue weighted by Crippen LogP contribution is -1.97. The van der Waals surface area contributed by atoms with E-state index in [9.17, 15) is 10.5 Å². The minimum Gasteiger partial charge on any atom is -0.307 e. The first-order chi connectivity index (χ1) is 17.8. The van der Waals surface area contributed by atoms with Crippen molar-refractivity contribution in [3.8, 4) is 23.5 Å². The van der Waals surface area contributed by atoms with Crippen LogP contribution in [-0.2, 0) is 0 Å². The summed E-state index contributed by atoms with van der Waals surface area (Å²) in [6, 6.07) is 33.9. The second kappa shape index (κ2) is 7.53. The van der Waals surface area contributed by atoms with Crippen molar-refractivity contribution in [2.45, 2.75) is 0 Å². The Bertz CT molecular complexity index is 1930. The number of fused-ring (bicyclic) bond motifs is 6.